The molecule has 2 aromatic carbocycles. The fraction of sp³-hybridized carbons (Fsp3) is 0.375. The summed E-state index contributed by atoms with van der Waals surface area (Å²) in [7, 11) is 0. The number of hydrogen-bond acceptors (Lipinski definition) is 5. The molecule has 4 N–H and O–H groups in total. The van der Waals surface area contributed by atoms with Crippen LogP contribution in [-0.4, -0.2) is 17.3 Å². The maximum Gasteiger partial charge on any atom is 0.221 e. The molecular weight excluding hydrogens is 360 g/mol. The van der Waals surface area contributed by atoms with E-state index >= 15 is 0 Å². The molecule has 3 aliphatic rings. The summed E-state index contributed by atoms with van der Waals surface area (Å²) in [6.07, 6.45) is 4.25. The Morgan fingerprint density at radius 2 is 1.86 bits per heavy atom. The zero-order valence-corrected chi connectivity index (χ0v) is 16.6. The molecule has 5 heteroatoms. The van der Waals surface area contributed by atoms with Gasteiger partial charge >= 0.3 is 0 Å². The molecule has 1 fully saturated rings. The number of ether oxygens (including phenoxy) is 1. The van der Waals surface area contributed by atoms with Crippen LogP contribution in [0.25, 0.3) is 10.8 Å². The number of aryl methyl sites for hydroxylation is 1. The standard InChI is InChI=1S/C24H26N4O/c1-13-19-20(16-11-6-8-14-7-2-3-9-15(14)16)21-22(25)17-10-4-5-12-18(17)26-23(21)29-24(19)28-27-13/h2-3,6-9,11,13,19-20,24,27-28H,4-5,10,12H2,1H3,(H2,25,26). The molecule has 148 valence electrons. The second-order valence-electron chi connectivity index (χ2n) is 8.62. The minimum Gasteiger partial charge on any atom is -0.457 e. The van der Waals surface area contributed by atoms with Gasteiger partial charge in [-0.25, -0.2) is 10.4 Å². The Labute approximate surface area is 170 Å². The average molecular weight is 386 g/mol. The SMILES string of the molecule is CC1NNC2Oc3nc4c(c(N)c3C(c3cccc5ccccc35)C12)CCCC4. The zero-order chi connectivity index (χ0) is 19.5. The maximum absolute atomic E-state index is 6.86. The van der Waals surface area contributed by atoms with Crippen LogP contribution in [0.15, 0.2) is 42.5 Å². The van der Waals surface area contributed by atoms with Crippen LogP contribution in [0.2, 0.25) is 0 Å². The molecule has 0 saturated carbocycles. The van der Waals surface area contributed by atoms with Crippen molar-refractivity contribution >= 4 is 16.5 Å². The number of benzene rings is 2. The summed E-state index contributed by atoms with van der Waals surface area (Å²) in [6, 6.07) is 15.5. The number of nitrogens with one attached hydrogen (secondary N) is 2. The molecule has 4 unspecified atom stereocenters. The lowest BCUT2D eigenvalue weighted by Gasteiger charge is -2.38. The topological polar surface area (TPSA) is 72.2 Å². The number of nitrogen functional groups attached to an aromatic ring is 1. The number of nitrogens with zero attached hydrogens (tertiary/aromatic N) is 1. The van der Waals surface area contributed by atoms with E-state index in [1.165, 1.54) is 34.7 Å². The Morgan fingerprint density at radius 3 is 2.79 bits per heavy atom. The molecule has 29 heavy (non-hydrogen) atoms. The second-order valence-corrected chi connectivity index (χ2v) is 8.62. The van der Waals surface area contributed by atoms with Crippen LogP contribution in [0.4, 0.5) is 5.69 Å². The quantitative estimate of drug-likeness (QED) is 0.595. The molecule has 0 radical (unpaired) electrons. The van der Waals surface area contributed by atoms with Gasteiger partial charge in [-0.1, -0.05) is 42.5 Å². The molecule has 4 atom stereocenters. The van der Waals surface area contributed by atoms with Crippen molar-refractivity contribution in [2.24, 2.45) is 5.92 Å². The lowest BCUT2D eigenvalue weighted by Crippen LogP contribution is -2.42. The van der Waals surface area contributed by atoms with Gasteiger partial charge in [-0.3, -0.25) is 5.43 Å². The number of hydrazine groups is 1. The number of fused-ring (bicyclic) bond motifs is 4. The van der Waals surface area contributed by atoms with E-state index in [-0.39, 0.29) is 24.1 Å². The normalized spacial score (nSPS) is 27.8. The highest BCUT2D eigenvalue weighted by molar-refractivity contribution is 5.87. The summed E-state index contributed by atoms with van der Waals surface area (Å²) in [6.45, 7) is 2.21. The molecule has 0 amide bonds. The van der Waals surface area contributed by atoms with Crippen LogP contribution in [0, 0.1) is 5.92 Å². The fourth-order valence-corrected chi connectivity index (χ4v) is 5.59. The number of nitrogens with two attached hydrogens (primary N) is 1. The lowest BCUT2D eigenvalue weighted by molar-refractivity contribution is 0.0970. The van der Waals surface area contributed by atoms with Crippen molar-refractivity contribution in [3.05, 3.63) is 64.8 Å². The van der Waals surface area contributed by atoms with Gasteiger partial charge < -0.3 is 10.5 Å². The first-order chi connectivity index (χ1) is 14.2. The van der Waals surface area contributed by atoms with Gasteiger partial charge in [-0.2, -0.15) is 0 Å². The molecular formula is C24H26N4O. The first-order valence-corrected chi connectivity index (χ1v) is 10.7. The summed E-state index contributed by atoms with van der Waals surface area (Å²) in [5, 5.41) is 2.54. The Bertz CT molecular complexity index is 1110. The second kappa shape index (κ2) is 6.44. The largest absolute Gasteiger partial charge is 0.457 e. The minimum absolute atomic E-state index is 0.116. The molecule has 5 nitrogen and oxygen atoms in total. The van der Waals surface area contributed by atoms with E-state index in [4.69, 9.17) is 15.5 Å². The highest BCUT2D eigenvalue weighted by atomic mass is 16.5. The minimum atomic E-state index is -0.116. The summed E-state index contributed by atoms with van der Waals surface area (Å²) < 4.78 is 6.37. The molecule has 0 bridgehead atoms. The van der Waals surface area contributed by atoms with E-state index in [0.717, 1.165) is 29.8 Å². The molecule has 1 aliphatic carbocycles. The number of aromatic nitrogens is 1. The van der Waals surface area contributed by atoms with E-state index in [9.17, 15) is 0 Å². The third-order valence-corrected chi connectivity index (χ3v) is 6.99. The van der Waals surface area contributed by atoms with Crippen molar-refractivity contribution in [3.63, 3.8) is 0 Å². The van der Waals surface area contributed by atoms with Crippen LogP contribution in [0.1, 0.15) is 48.1 Å². The third-order valence-electron chi connectivity index (χ3n) is 6.99. The summed E-state index contributed by atoms with van der Waals surface area (Å²) in [5.74, 6) is 1.08. The molecule has 1 aromatic heterocycles. The first-order valence-electron chi connectivity index (χ1n) is 10.7. The molecule has 2 aliphatic heterocycles. The lowest BCUT2D eigenvalue weighted by atomic mass is 9.73. The maximum atomic E-state index is 6.86. The van der Waals surface area contributed by atoms with Crippen molar-refractivity contribution in [1.29, 1.82) is 0 Å². The van der Waals surface area contributed by atoms with Gasteiger partial charge in [0.15, 0.2) is 6.23 Å². The van der Waals surface area contributed by atoms with Gasteiger partial charge in [-0.05, 0) is 54.5 Å². The number of pyridine rings is 1. The molecule has 6 rings (SSSR count). The Morgan fingerprint density at radius 1 is 1.03 bits per heavy atom. The van der Waals surface area contributed by atoms with E-state index in [1.54, 1.807) is 0 Å². The van der Waals surface area contributed by atoms with Crippen LogP contribution in [0.3, 0.4) is 0 Å². The first kappa shape index (κ1) is 17.2. The Balaban J connectivity index is 1.64. The fourth-order valence-electron chi connectivity index (χ4n) is 5.59. The number of rotatable bonds is 1. The van der Waals surface area contributed by atoms with Crippen molar-refractivity contribution in [2.45, 2.75) is 50.8 Å². The van der Waals surface area contributed by atoms with E-state index in [1.807, 2.05) is 0 Å². The average Bonchev–Trinajstić information content (AvgIpc) is 3.12. The highest BCUT2D eigenvalue weighted by Gasteiger charge is 2.48. The van der Waals surface area contributed by atoms with Crippen molar-refractivity contribution in [2.75, 3.05) is 5.73 Å². The van der Waals surface area contributed by atoms with Crippen molar-refractivity contribution in [3.8, 4) is 5.88 Å². The Hall–Kier alpha value is -2.63. The number of hydrogen-bond donors (Lipinski definition) is 3. The summed E-state index contributed by atoms with van der Waals surface area (Å²) >= 11 is 0. The van der Waals surface area contributed by atoms with Gasteiger partial charge in [0.2, 0.25) is 5.88 Å². The van der Waals surface area contributed by atoms with Crippen LogP contribution < -0.4 is 21.3 Å². The molecule has 3 aromatic rings. The van der Waals surface area contributed by atoms with Gasteiger partial charge in [0, 0.05) is 34.8 Å². The predicted octanol–water partition coefficient (Wildman–Crippen LogP) is 3.66. The highest BCUT2D eigenvalue weighted by Crippen LogP contribution is 2.50. The third kappa shape index (κ3) is 2.51. The summed E-state index contributed by atoms with van der Waals surface area (Å²) in [4.78, 5) is 4.99. The zero-order valence-electron chi connectivity index (χ0n) is 16.6. The van der Waals surface area contributed by atoms with Crippen LogP contribution >= 0.6 is 0 Å². The van der Waals surface area contributed by atoms with Crippen LogP contribution in [-0.2, 0) is 12.8 Å². The van der Waals surface area contributed by atoms with Gasteiger partial charge in [0.1, 0.15) is 0 Å². The monoisotopic (exact) mass is 386 g/mol. The van der Waals surface area contributed by atoms with E-state index < -0.39 is 0 Å². The van der Waals surface area contributed by atoms with Crippen LogP contribution in [0.5, 0.6) is 5.88 Å². The smallest absolute Gasteiger partial charge is 0.221 e. The van der Waals surface area contributed by atoms with Gasteiger partial charge in [0.25, 0.3) is 0 Å². The number of anilines is 1. The molecule has 0 spiro atoms. The van der Waals surface area contributed by atoms with E-state index in [2.05, 4.69) is 60.2 Å². The predicted molar refractivity (Wildman–Crippen MR) is 115 cm³/mol. The van der Waals surface area contributed by atoms with Crippen molar-refractivity contribution in [1.82, 2.24) is 15.8 Å². The Kier molecular flexibility index (Phi) is 3.83. The summed E-state index contributed by atoms with van der Waals surface area (Å²) in [5.41, 5.74) is 19.3. The van der Waals surface area contributed by atoms with Gasteiger partial charge in [-0.15, -0.1) is 0 Å². The van der Waals surface area contributed by atoms with Crippen molar-refractivity contribution < 1.29 is 4.74 Å². The van der Waals surface area contributed by atoms with E-state index in [0.29, 0.717) is 5.88 Å². The molecule has 3 heterocycles. The molecule has 1 saturated heterocycles. The van der Waals surface area contributed by atoms with Gasteiger partial charge in [0.05, 0.1) is 0 Å².